The first-order chi connectivity index (χ1) is 10.8. The molecule has 2 aromatic carbocycles. The molecular formula is C17H14F3NO2. The van der Waals surface area contributed by atoms with Crippen molar-refractivity contribution >= 4 is 17.4 Å². The molecule has 2 aromatic rings. The van der Waals surface area contributed by atoms with Crippen molar-refractivity contribution in [2.45, 2.75) is 19.0 Å². The summed E-state index contributed by atoms with van der Waals surface area (Å²) in [7, 11) is 0. The third-order valence-corrected chi connectivity index (χ3v) is 3.10. The molecule has 2 rings (SSSR count). The molecular weight excluding hydrogens is 307 g/mol. The fourth-order valence-electron chi connectivity index (χ4n) is 2.01. The van der Waals surface area contributed by atoms with Crippen molar-refractivity contribution in [1.82, 2.24) is 0 Å². The maximum absolute atomic E-state index is 12.4. The molecule has 0 spiro atoms. The van der Waals surface area contributed by atoms with Crippen LogP contribution in [0, 0.1) is 0 Å². The molecule has 6 heteroatoms. The molecule has 1 amide bonds. The Balaban J connectivity index is 1.88. The Morgan fingerprint density at radius 1 is 0.913 bits per heavy atom. The van der Waals surface area contributed by atoms with Gasteiger partial charge in [-0.05, 0) is 29.8 Å². The second-order valence-corrected chi connectivity index (χ2v) is 5.00. The van der Waals surface area contributed by atoms with Crippen LogP contribution in [0.3, 0.4) is 0 Å². The van der Waals surface area contributed by atoms with Crippen molar-refractivity contribution in [1.29, 1.82) is 0 Å². The molecule has 0 aliphatic rings. The number of carbonyl (C=O) groups is 2. The number of hydrogen-bond acceptors (Lipinski definition) is 2. The van der Waals surface area contributed by atoms with E-state index < -0.39 is 17.6 Å². The lowest BCUT2D eigenvalue weighted by Crippen LogP contribution is -2.17. The van der Waals surface area contributed by atoms with Crippen molar-refractivity contribution < 1.29 is 22.8 Å². The predicted octanol–water partition coefficient (Wildman–Crippen LogP) is 3.85. The second kappa shape index (κ2) is 7.09. The molecule has 0 saturated carbocycles. The smallest absolute Gasteiger partial charge is 0.326 e. The van der Waals surface area contributed by atoms with Gasteiger partial charge in [-0.1, -0.05) is 30.3 Å². The maximum Gasteiger partial charge on any atom is 0.416 e. The minimum Gasteiger partial charge on any atom is -0.326 e. The van der Waals surface area contributed by atoms with Gasteiger partial charge in [-0.15, -0.1) is 0 Å². The zero-order chi connectivity index (χ0) is 16.9. The quantitative estimate of drug-likeness (QED) is 0.850. The Morgan fingerprint density at radius 2 is 1.52 bits per heavy atom. The highest BCUT2D eigenvalue weighted by Gasteiger charge is 2.29. The third kappa shape index (κ3) is 5.25. The first kappa shape index (κ1) is 16.7. The topological polar surface area (TPSA) is 46.2 Å². The normalized spacial score (nSPS) is 11.1. The van der Waals surface area contributed by atoms with Gasteiger partial charge in [0.25, 0.3) is 0 Å². The van der Waals surface area contributed by atoms with Gasteiger partial charge in [0.1, 0.15) is 5.78 Å². The van der Waals surface area contributed by atoms with Gasteiger partial charge < -0.3 is 5.32 Å². The van der Waals surface area contributed by atoms with Crippen LogP contribution in [0.25, 0.3) is 0 Å². The van der Waals surface area contributed by atoms with E-state index >= 15 is 0 Å². The van der Waals surface area contributed by atoms with E-state index in [4.69, 9.17) is 0 Å². The zero-order valence-electron chi connectivity index (χ0n) is 12.1. The molecule has 120 valence electrons. The Bertz CT molecular complexity index is 679. The summed E-state index contributed by atoms with van der Waals surface area (Å²) in [6.45, 7) is 0. The summed E-state index contributed by atoms with van der Waals surface area (Å²) in [5, 5.41) is 2.41. The van der Waals surface area contributed by atoms with Crippen LogP contribution in [0.1, 0.15) is 17.5 Å². The average molecular weight is 321 g/mol. The van der Waals surface area contributed by atoms with Crippen molar-refractivity contribution in [2.75, 3.05) is 5.32 Å². The summed E-state index contributed by atoms with van der Waals surface area (Å²) in [6, 6.07) is 13.0. The van der Waals surface area contributed by atoms with E-state index in [0.29, 0.717) is 0 Å². The standard InChI is InChI=1S/C17H14F3NO2/c18-17(19,20)13-6-8-14(9-7-13)21-16(23)11-15(22)10-12-4-2-1-3-5-12/h1-9H,10-11H2,(H,21,23). The predicted molar refractivity (Wildman–Crippen MR) is 79.8 cm³/mol. The number of carbonyl (C=O) groups excluding carboxylic acids is 2. The van der Waals surface area contributed by atoms with Crippen molar-refractivity contribution in [3.63, 3.8) is 0 Å². The second-order valence-electron chi connectivity index (χ2n) is 5.00. The minimum absolute atomic E-state index is 0.140. The van der Waals surface area contributed by atoms with Crippen LogP contribution < -0.4 is 5.32 Å². The van der Waals surface area contributed by atoms with Gasteiger partial charge in [-0.2, -0.15) is 13.2 Å². The van der Waals surface area contributed by atoms with Crippen molar-refractivity contribution in [3.05, 3.63) is 65.7 Å². The van der Waals surface area contributed by atoms with E-state index in [1.165, 1.54) is 0 Å². The van der Waals surface area contributed by atoms with Gasteiger partial charge in [0.15, 0.2) is 0 Å². The summed E-state index contributed by atoms with van der Waals surface area (Å²) in [5.74, 6) is -0.814. The van der Waals surface area contributed by atoms with Crippen LogP contribution >= 0.6 is 0 Å². The summed E-state index contributed by atoms with van der Waals surface area (Å²) in [6.07, 6.45) is -4.61. The molecule has 0 unspecified atom stereocenters. The number of benzene rings is 2. The Labute approximate surface area is 131 Å². The van der Waals surface area contributed by atoms with E-state index in [-0.39, 0.29) is 24.3 Å². The Hall–Kier alpha value is -2.63. The SMILES string of the molecule is O=C(CC(=O)Nc1ccc(C(F)(F)F)cc1)Cc1ccccc1. The first-order valence-corrected chi connectivity index (χ1v) is 6.87. The van der Waals surface area contributed by atoms with Gasteiger partial charge in [-0.3, -0.25) is 9.59 Å². The van der Waals surface area contributed by atoms with E-state index in [1.807, 2.05) is 6.07 Å². The van der Waals surface area contributed by atoms with Crippen molar-refractivity contribution in [2.24, 2.45) is 0 Å². The molecule has 0 radical (unpaired) electrons. The lowest BCUT2D eigenvalue weighted by atomic mass is 10.1. The number of amides is 1. The van der Waals surface area contributed by atoms with E-state index in [1.54, 1.807) is 24.3 Å². The van der Waals surface area contributed by atoms with Crippen molar-refractivity contribution in [3.8, 4) is 0 Å². The van der Waals surface area contributed by atoms with Gasteiger partial charge in [0, 0.05) is 12.1 Å². The molecule has 3 nitrogen and oxygen atoms in total. The Morgan fingerprint density at radius 3 is 2.09 bits per heavy atom. The van der Waals surface area contributed by atoms with Gasteiger partial charge in [0.05, 0.1) is 12.0 Å². The first-order valence-electron chi connectivity index (χ1n) is 6.87. The molecule has 1 N–H and O–H groups in total. The highest BCUT2D eigenvalue weighted by atomic mass is 19.4. The largest absolute Gasteiger partial charge is 0.416 e. The van der Waals surface area contributed by atoms with E-state index in [9.17, 15) is 22.8 Å². The molecule has 0 bridgehead atoms. The number of alkyl halides is 3. The average Bonchev–Trinajstić information content (AvgIpc) is 2.47. The fourth-order valence-corrected chi connectivity index (χ4v) is 2.01. The summed E-state index contributed by atoms with van der Waals surface area (Å²) in [5.41, 5.74) is 0.228. The number of rotatable bonds is 5. The summed E-state index contributed by atoms with van der Waals surface area (Å²) < 4.78 is 37.3. The Kier molecular flexibility index (Phi) is 5.16. The molecule has 0 saturated heterocycles. The molecule has 0 heterocycles. The summed E-state index contributed by atoms with van der Waals surface area (Å²) >= 11 is 0. The summed E-state index contributed by atoms with van der Waals surface area (Å²) in [4.78, 5) is 23.5. The molecule has 0 aromatic heterocycles. The van der Waals surface area contributed by atoms with Crippen LogP contribution in [-0.2, 0) is 22.2 Å². The van der Waals surface area contributed by atoms with Gasteiger partial charge >= 0.3 is 6.18 Å². The third-order valence-electron chi connectivity index (χ3n) is 3.10. The fraction of sp³-hybridized carbons (Fsp3) is 0.176. The lowest BCUT2D eigenvalue weighted by molar-refractivity contribution is -0.137. The molecule has 0 atom stereocenters. The molecule has 0 fully saturated rings. The minimum atomic E-state index is -4.42. The number of ketones is 1. The van der Waals surface area contributed by atoms with E-state index in [0.717, 1.165) is 29.8 Å². The highest BCUT2D eigenvalue weighted by molar-refractivity contribution is 6.04. The van der Waals surface area contributed by atoms with Crippen LogP contribution in [0.5, 0.6) is 0 Å². The highest BCUT2D eigenvalue weighted by Crippen LogP contribution is 2.29. The van der Waals surface area contributed by atoms with Crippen LogP contribution in [-0.4, -0.2) is 11.7 Å². The molecule has 0 aliphatic heterocycles. The maximum atomic E-state index is 12.4. The number of Topliss-reactive ketones (excluding diaryl/α,β-unsaturated/α-hetero) is 1. The van der Waals surface area contributed by atoms with Crippen LogP contribution in [0.15, 0.2) is 54.6 Å². The molecule has 23 heavy (non-hydrogen) atoms. The monoisotopic (exact) mass is 321 g/mol. The number of anilines is 1. The number of hydrogen-bond donors (Lipinski definition) is 1. The zero-order valence-corrected chi connectivity index (χ0v) is 12.1. The lowest BCUT2D eigenvalue weighted by Gasteiger charge is -2.08. The number of halogens is 3. The number of nitrogens with one attached hydrogen (secondary N) is 1. The van der Waals surface area contributed by atoms with Gasteiger partial charge in [0.2, 0.25) is 5.91 Å². The van der Waals surface area contributed by atoms with Crippen LogP contribution in [0.4, 0.5) is 18.9 Å². The van der Waals surface area contributed by atoms with E-state index in [2.05, 4.69) is 5.32 Å². The van der Waals surface area contributed by atoms with Crippen LogP contribution in [0.2, 0.25) is 0 Å². The van der Waals surface area contributed by atoms with Gasteiger partial charge in [-0.25, -0.2) is 0 Å². The molecule has 0 aliphatic carbocycles.